The fourth-order valence-corrected chi connectivity index (χ4v) is 3.19. The Morgan fingerprint density at radius 1 is 0.643 bits per heavy atom. The maximum absolute atomic E-state index is 5.86. The van der Waals surface area contributed by atoms with Gasteiger partial charge in [0.05, 0.1) is 0 Å². The lowest BCUT2D eigenvalue weighted by Gasteiger charge is -2.25. The van der Waals surface area contributed by atoms with Gasteiger partial charge in [0.25, 0.3) is 0 Å². The maximum Gasteiger partial charge on any atom is 0.241 e. The van der Waals surface area contributed by atoms with Crippen LogP contribution in [-0.4, -0.2) is 16.6 Å². The third-order valence-electron chi connectivity index (χ3n) is 1.41. The quantitative estimate of drug-likeness (QED) is 0.540. The van der Waals surface area contributed by atoms with Crippen molar-refractivity contribution in [1.29, 1.82) is 0 Å². The van der Waals surface area contributed by atoms with Crippen LogP contribution in [0.1, 0.15) is 13.8 Å². The Hall–Kier alpha value is -0.226. The van der Waals surface area contributed by atoms with Gasteiger partial charge in [0.1, 0.15) is 11.5 Å². The zero-order valence-corrected chi connectivity index (χ0v) is 12.8. The molecule has 0 spiro atoms. The van der Waals surface area contributed by atoms with Crippen LogP contribution >= 0.6 is 0 Å². The molecule has 0 aromatic heterocycles. The molecule has 14 heavy (non-hydrogen) atoms. The molecule has 84 valence electrons. The summed E-state index contributed by atoms with van der Waals surface area (Å²) in [6.45, 7) is 17.1. The molecule has 0 aromatic carbocycles. The molecule has 0 saturated heterocycles. The lowest BCUT2D eigenvalue weighted by Crippen LogP contribution is -2.28. The summed E-state index contributed by atoms with van der Waals surface area (Å²) in [5.41, 5.74) is 0. The van der Waals surface area contributed by atoms with E-state index in [4.69, 9.17) is 8.85 Å². The Labute approximate surface area is 90.6 Å². The molecule has 0 radical (unpaired) electrons. The monoisotopic (exact) mass is 232 g/mol. The van der Waals surface area contributed by atoms with Gasteiger partial charge in [-0.2, -0.15) is 0 Å². The average Bonchev–Trinajstić information content (AvgIpc) is 1.78. The molecule has 4 heteroatoms. The molecule has 0 rings (SSSR count). The molecule has 0 atom stereocenters. The maximum atomic E-state index is 5.86. The summed E-state index contributed by atoms with van der Waals surface area (Å²) >= 11 is 0. The Bertz CT molecular complexity index is 197. The van der Waals surface area contributed by atoms with E-state index in [0.717, 1.165) is 11.5 Å². The summed E-state index contributed by atoms with van der Waals surface area (Å²) in [7, 11) is -2.96. The van der Waals surface area contributed by atoms with Gasteiger partial charge in [-0.05, 0) is 53.1 Å². The minimum Gasteiger partial charge on any atom is -0.545 e. The smallest absolute Gasteiger partial charge is 0.241 e. The first-order valence-electron chi connectivity index (χ1n) is 5.07. The van der Waals surface area contributed by atoms with Gasteiger partial charge in [0.2, 0.25) is 16.6 Å². The second-order valence-electron chi connectivity index (χ2n) is 5.54. The summed E-state index contributed by atoms with van der Waals surface area (Å²) in [6.07, 6.45) is 0. The van der Waals surface area contributed by atoms with Gasteiger partial charge in [-0.15, -0.1) is 0 Å². The fraction of sp³-hybridized carbons (Fsp3) is 0.800. The van der Waals surface area contributed by atoms with Crippen molar-refractivity contribution < 1.29 is 8.85 Å². The van der Waals surface area contributed by atoms with E-state index >= 15 is 0 Å². The van der Waals surface area contributed by atoms with Crippen molar-refractivity contribution >= 4 is 16.6 Å². The SMILES string of the molecule is CC(O[Si](C)(C)C)=C(C)O[Si](C)(C)C. The van der Waals surface area contributed by atoms with Crippen molar-refractivity contribution in [3.05, 3.63) is 11.5 Å². The molecule has 0 saturated carbocycles. The van der Waals surface area contributed by atoms with Gasteiger partial charge in [0.15, 0.2) is 0 Å². The average molecular weight is 232 g/mol. The minimum absolute atomic E-state index is 0.951. The molecular formula is C10H24O2Si2. The van der Waals surface area contributed by atoms with Gasteiger partial charge in [0, 0.05) is 0 Å². The predicted molar refractivity (Wildman–Crippen MR) is 67.2 cm³/mol. The largest absolute Gasteiger partial charge is 0.545 e. The first kappa shape index (κ1) is 13.8. The number of hydrogen-bond donors (Lipinski definition) is 0. The standard InChI is InChI=1S/C10H24O2Si2/c1-9(11-13(3,4)5)10(2)12-14(6,7)8/h1-8H3. The Morgan fingerprint density at radius 2 is 0.857 bits per heavy atom. The molecule has 0 N–H and O–H groups in total. The number of hydrogen-bond acceptors (Lipinski definition) is 2. The summed E-state index contributed by atoms with van der Waals surface area (Å²) in [5, 5.41) is 0. The highest BCUT2D eigenvalue weighted by Crippen LogP contribution is 2.17. The van der Waals surface area contributed by atoms with E-state index in [1.807, 2.05) is 13.8 Å². The van der Waals surface area contributed by atoms with Crippen molar-refractivity contribution in [2.45, 2.75) is 53.1 Å². The number of rotatable bonds is 4. The third kappa shape index (κ3) is 7.20. The highest BCUT2D eigenvalue weighted by molar-refractivity contribution is 6.70. The first-order chi connectivity index (χ1) is 6.01. The van der Waals surface area contributed by atoms with Crippen LogP contribution in [0.5, 0.6) is 0 Å². The first-order valence-corrected chi connectivity index (χ1v) is 11.9. The van der Waals surface area contributed by atoms with E-state index < -0.39 is 16.6 Å². The summed E-state index contributed by atoms with van der Waals surface area (Å²) in [5.74, 6) is 1.90. The molecular weight excluding hydrogens is 208 g/mol. The lowest BCUT2D eigenvalue weighted by molar-refractivity contribution is 0.344. The predicted octanol–water partition coefficient (Wildman–Crippen LogP) is 3.94. The van der Waals surface area contributed by atoms with E-state index in [0.29, 0.717) is 0 Å². The van der Waals surface area contributed by atoms with Gasteiger partial charge in [-0.3, -0.25) is 0 Å². The molecule has 0 aliphatic carbocycles. The van der Waals surface area contributed by atoms with Crippen molar-refractivity contribution in [1.82, 2.24) is 0 Å². The van der Waals surface area contributed by atoms with Crippen molar-refractivity contribution in [3.8, 4) is 0 Å². The minimum atomic E-state index is -1.48. The van der Waals surface area contributed by atoms with Crippen LogP contribution in [0.25, 0.3) is 0 Å². The van der Waals surface area contributed by atoms with E-state index in [2.05, 4.69) is 39.3 Å². The molecule has 0 aromatic rings. The van der Waals surface area contributed by atoms with E-state index in [-0.39, 0.29) is 0 Å². The fourth-order valence-electron chi connectivity index (χ4n) is 1.06. The zero-order valence-electron chi connectivity index (χ0n) is 10.8. The van der Waals surface area contributed by atoms with Gasteiger partial charge < -0.3 is 8.85 Å². The molecule has 0 aliphatic rings. The zero-order chi connectivity index (χ0) is 11.6. The van der Waals surface area contributed by atoms with Crippen molar-refractivity contribution in [2.24, 2.45) is 0 Å². The van der Waals surface area contributed by atoms with Crippen molar-refractivity contribution in [2.75, 3.05) is 0 Å². The second kappa shape index (κ2) is 4.53. The molecule has 0 heterocycles. The van der Waals surface area contributed by atoms with Crippen LogP contribution < -0.4 is 0 Å². The highest BCUT2D eigenvalue weighted by atomic mass is 28.4. The summed E-state index contributed by atoms with van der Waals surface area (Å²) < 4.78 is 11.7. The topological polar surface area (TPSA) is 18.5 Å². The third-order valence-corrected chi connectivity index (χ3v) is 3.25. The number of allylic oxidation sites excluding steroid dienone is 2. The molecule has 2 nitrogen and oxygen atoms in total. The van der Waals surface area contributed by atoms with E-state index in [1.165, 1.54) is 0 Å². The molecule has 0 bridgehead atoms. The Kier molecular flexibility index (Phi) is 4.46. The van der Waals surface area contributed by atoms with Crippen LogP contribution in [0, 0.1) is 0 Å². The van der Waals surface area contributed by atoms with Gasteiger partial charge in [-0.25, -0.2) is 0 Å². The van der Waals surface area contributed by atoms with E-state index in [9.17, 15) is 0 Å². The van der Waals surface area contributed by atoms with Gasteiger partial charge >= 0.3 is 0 Å². The van der Waals surface area contributed by atoms with Crippen LogP contribution in [0.3, 0.4) is 0 Å². The van der Waals surface area contributed by atoms with Crippen LogP contribution in [-0.2, 0) is 8.85 Å². The Morgan fingerprint density at radius 3 is 1.00 bits per heavy atom. The van der Waals surface area contributed by atoms with Gasteiger partial charge in [-0.1, -0.05) is 0 Å². The normalized spacial score (nSPS) is 14.9. The van der Waals surface area contributed by atoms with Crippen LogP contribution in [0.15, 0.2) is 11.5 Å². The molecule has 0 unspecified atom stereocenters. The van der Waals surface area contributed by atoms with Crippen LogP contribution in [0.2, 0.25) is 39.3 Å². The lowest BCUT2D eigenvalue weighted by atomic mass is 10.5. The summed E-state index contributed by atoms with van der Waals surface area (Å²) in [4.78, 5) is 0. The molecule has 0 aliphatic heterocycles. The highest BCUT2D eigenvalue weighted by Gasteiger charge is 2.20. The molecule has 0 fully saturated rings. The van der Waals surface area contributed by atoms with Crippen LogP contribution in [0.4, 0.5) is 0 Å². The van der Waals surface area contributed by atoms with E-state index in [1.54, 1.807) is 0 Å². The second-order valence-corrected chi connectivity index (χ2v) is 14.4. The Balaban J connectivity index is 4.45. The molecule has 0 amide bonds. The van der Waals surface area contributed by atoms with Crippen molar-refractivity contribution in [3.63, 3.8) is 0 Å². The summed E-state index contributed by atoms with van der Waals surface area (Å²) in [6, 6.07) is 0.